The first kappa shape index (κ1) is 16.8. The molecule has 0 aliphatic carbocycles. The monoisotopic (exact) mass is 383 g/mol. The van der Waals surface area contributed by atoms with Crippen molar-refractivity contribution in [2.24, 2.45) is 5.10 Å². The van der Waals surface area contributed by atoms with Gasteiger partial charge in [-0.1, -0.05) is 6.92 Å². The van der Waals surface area contributed by atoms with E-state index in [1.54, 1.807) is 12.4 Å². The molecule has 0 spiro atoms. The number of thiazole rings is 1. The molecule has 0 fully saturated rings. The topological polar surface area (TPSA) is 55.7 Å². The highest BCUT2D eigenvalue weighted by atomic mass is 79.9. The summed E-state index contributed by atoms with van der Waals surface area (Å²) in [6.07, 6.45) is 4.39. The fraction of sp³-hybridized carbons (Fsp3) is 0.333. The summed E-state index contributed by atoms with van der Waals surface area (Å²) in [5, 5.41) is 6.82. The maximum atomic E-state index is 5.75. The van der Waals surface area contributed by atoms with E-state index < -0.39 is 0 Å². The summed E-state index contributed by atoms with van der Waals surface area (Å²) >= 11 is 5.03. The molecule has 0 saturated heterocycles. The quantitative estimate of drug-likeness (QED) is 0.536. The van der Waals surface area contributed by atoms with Crippen LogP contribution in [0.3, 0.4) is 0 Å². The molecule has 0 aliphatic rings. The number of hydrazone groups is 1. The summed E-state index contributed by atoms with van der Waals surface area (Å²) in [5.74, 6) is 1.44. The Hall–Kier alpha value is -1.60. The van der Waals surface area contributed by atoms with Gasteiger partial charge in [0.05, 0.1) is 23.9 Å². The molecular weight excluding hydrogens is 366 g/mol. The summed E-state index contributed by atoms with van der Waals surface area (Å²) < 4.78 is 12.3. The Bertz CT molecular complexity index is 618. The molecule has 0 atom stereocenters. The number of ether oxygens (including phenoxy) is 2. The van der Waals surface area contributed by atoms with Gasteiger partial charge < -0.3 is 9.47 Å². The number of halogens is 1. The second-order valence-corrected chi connectivity index (χ2v) is 6.07. The van der Waals surface area contributed by atoms with Crippen LogP contribution in [0.5, 0.6) is 11.5 Å². The minimum absolute atomic E-state index is 0.576. The second-order valence-electron chi connectivity index (χ2n) is 4.32. The van der Waals surface area contributed by atoms with Crippen molar-refractivity contribution in [1.82, 2.24) is 4.98 Å². The molecule has 0 amide bonds. The molecule has 2 rings (SSSR count). The Kier molecular flexibility index (Phi) is 6.67. The predicted molar refractivity (Wildman–Crippen MR) is 94.4 cm³/mol. The molecule has 1 N–H and O–H groups in total. The second kappa shape index (κ2) is 8.75. The molecule has 0 bridgehead atoms. The minimum Gasteiger partial charge on any atom is -0.490 e. The van der Waals surface area contributed by atoms with Crippen molar-refractivity contribution in [3.05, 3.63) is 33.7 Å². The molecule has 22 heavy (non-hydrogen) atoms. The number of hydrogen-bond acceptors (Lipinski definition) is 6. The lowest BCUT2D eigenvalue weighted by molar-refractivity contribution is 0.275. The Morgan fingerprint density at radius 2 is 2.23 bits per heavy atom. The van der Waals surface area contributed by atoms with Gasteiger partial charge >= 0.3 is 0 Å². The first-order chi connectivity index (χ1) is 10.7. The van der Waals surface area contributed by atoms with E-state index in [9.17, 15) is 0 Å². The van der Waals surface area contributed by atoms with E-state index in [4.69, 9.17) is 9.47 Å². The van der Waals surface area contributed by atoms with Gasteiger partial charge in [-0.2, -0.15) is 5.10 Å². The van der Waals surface area contributed by atoms with Gasteiger partial charge in [0.2, 0.25) is 5.13 Å². The van der Waals surface area contributed by atoms with Crippen molar-refractivity contribution in [2.45, 2.75) is 20.3 Å². The standard InChI is InChI=1S/C15H18BrN3O2S/c1-3-6-21-14-12(16)8-11(9-13(14)20-4-2)10-18-19-15-17-5-7-22-15/h5,7-10H,3-4,6H2,1-2H3,(H,17,19)/b18-10-. The molecule has 7 heteroatoms. The van der Waals surface area contributed by atoms with Gasteiger partial charge in [-0.3, -0.25) is 5.43 Å². The summed E-state index contributed by atoms with van der Waals surface area (Å²) in [6, 6.07) is 3.85. The highest BCUT2D eigenvalue weighted by Crippen LogP contribution is 2.36. The number of aromatic nitrogens is 1. The predicted octanol–water partition coefficient (Wildman–Crippen LogP) is 4.54. The van der Waals surface area contributed by atoms with Crippen LogP contribution in [0, 0.1) is 0 Å². The first-order valence-corrected chi connectivity index (χ1v) is 8.69. The normalized spacial score (nSPS) is 10.9. The third-order valence-corrected chi connectivity index (χ3v) is 3.86. The average molecular weight is 384 g/mol. The Morgan fingerprint density at radius 1 is 1.36 bits per heavy atom. The summed E-state index contributed by atoms with van der Waals surface area (Å²) in [5.41, 5.74) is 3.79. The molecule has 5 nitrogen and oxygen atoms in total. The maximum Gasteiger partial charge on any atom is 0.203 e. The van der Waals surface area contributed by atoms with Gasteiger partial charge in [0.15, 0.2) is 11.5 Å². The molecule has 0 aliphatic heterocycles. The third kappa shape index (κ3) is 4.71. The van der Waals surface area contributed by atoms with Crippen LogP contribution in [0.2, 0.25) is 0 Å². The zero-order chi connectivity index (χ0) is 15.8. The smallest absolute Gasteiger partial charge is 0.203 e. The van der Waals surface area contributed by atoms with Crippen LogP contribution in [0.1, 0.15) is 25.8 Å². The van der Waals surface area contributed by atoms with E-state index >= 15 is 0 Å². The van der Waals surface area contributed by atoms with Crippen molar-refractivity contribution < 1.29 is 9.47 Å². The van der Waals surface area contributed by atoms with Gasteiger partial charge in [-0.05, 0) is 47.0 Å². The molecule has 0 unspecified atom stereocenters. The molecule has 1 aromatic carbocycles. The number of hydrogen-bond donors (Lipinski definition) is 1. The lowest BCUT2D eigenvalue weighted by Crippen LogP contribution is -2.02. The molecular formula is C15H18BrN3O2S. The SMILES string of the molecule is CCCOc1c(Br)cc(/C=N\Nc2nccs2)cc1OCC. The van der Waals surface area contributed by atoms with E-state index in [0.717, 1.165) is 27.3 Å². The van der Waals surface area contributed by atoms with Crippen LogP contribution in [0.4, 0.5) is 5.13 Å². The van der Waals surface area contributed by atoms with E-state index in [0.29, 0.717) is 19.0 Å². The highest BCUT2D eigenvalue weighted by Gasteiger charge is 2.11. The molecule has 2 aromatic rings. The number of nitrogens with one attached hydrogen (secondary N) is 1. The maximum absolute atomic E-state index is 5.75. The van der Waals surface area contributed by atoms with Crippen molar-refractivity contribution >= 4 is 38.6 Å². The molecule has 0 saturated carbocycles. The number of anilines is 1. The lowest BCUT2D eigenvalue weighted by atomic mass is 10.2. The fourth-order valence-electron chi connectivity index (χ4n) is 1.71. The van der Waals surface area contributed by atoms with Gasteiger partial charge in [-0.25, -0.2) is 4.98 Å². The van der Waals surface area contributed by atoms with Crippen LogP contribution >= 0.6 is 27.3 Å². The Labute approximate surface area is 142 Å². The van der Waals surface area contributed by atoms with Gasteiger partial charge in [-0.15, -0.1) is 11.3 Å². The van der Waals surface area contributed by atoms with Gasteiger partial charge in [0.25, 0.3) is 0 Å². The average Bonchev–Trinajstić information content (AvgIpc) is 3.00. The van der Waals surface area contributed by atoms with Gasteiger partial charge in [0.1, 0.15) is 0 Å². The van der Waals surface area contributed by atoms with Crippen LogP contribution in [0.25, 0.3) is 0 Å². The van der Waals surface area contributed by atoms with Crippen LogP contribution in [-0.2, 0) is 0 Å². The van der Waals surface area contributed by atoms with E-state index in [1.165, 1.54) is 11.3 Å². The van der Waals surface area contributed by atoms with Crippen LogP contribution < -0.4 is 14.9 Å². The van der Waals surface area contributed by atoms with Crippen LogP contribution in [0.15, 0.2) is 33.3 Å². The van der Waals surface area contributed by atoms with E-state index in [1.807, 2.05) is 24.4 Å². The van der Waals surface area contributed by atoms with Gasteiger partial charge in [0, 0.05) is 11.6 Å². The zero-order valence-corrected chi connectivity index (χ0v) is 14.9. The Balaban J connectivity index is 2.15. The van der Waals surface area contributed by atoms with Crippen LogP contribution in [-0.4, -0.2) is 24.4 Å². The number of benzene rings is 1. The van der Waals surface area contributed by atoms with Crippen molar-refractivity contribution in [3.63, 3.8) is 0 Å². The molecule has 0 radical (unpaired) electrons. The summed E-state index contributed by atoms with van der Waals surface area (Å²) in [7, 11) is 0. The molecule has 1 aromatic heterocycles. The van der Waals surface area contributed by atoms with Crippen molar-refractivity contribution in [2.75, 3.05) is 18.6 Å². The van der Waals surface area contributed by atoms with E-state index in [2.05, 4.69) is 38.4 Å². The number of rotatable bonds is 8. The van der Waals surface area contributed by atoms with E-state index in [-0.39, 0.29) is 0 Å². The largest absolute Gasteiger partial charge is 0.490 e. The molecule has 1 heterocycles. The van der Waals surface area contributed by atoms with Crippen molar-refractivity contribution in [3.8, 4) is 11.5 Å². The fourth-order valence-corrected chi connectivity index (χ4v) is 2.76. The molecule has 118 valence electrons. The Morgan fingerprint density at radius 3 is 2.91 bits per heavy atom. The first-order valence-electron chi connectivity index (χ1n) is 7.02. The van der Waals surface area contributed by atoms with Crippen molar-refractivity contribution in [1.29, 1.82) is 0 Å². The summed E-state index contributed by atoms with van der Waals surface area (Å²) in [4.78, 5) is 4.10. The third-order valence-electron chi connectivity index (χ3n) is 2.59. The number of nitrogens with zero attached hydrogens (tertiary/aromatic N) is 2. The summed E-state index contributed by atoms with van der Waals surface area (Å²) in [6.45, 7) is 5.24. The lowest BCUT2D eigenvalue weighted by Gasteiger charge is -2.14. The minimum atomic E-state index is 0.576. The zero-order valence-electron chi connectivity index (χ0n) is 12.5. The highest BCUT2D eigenvalue weighted by molar-refractivity contribution is 9.10.